The van der Waals surface area contributed by atoms with Gasteiger partial charge in [-0.1, -0.05) is 20.8 Å². The van der Waals surface area contributed by atoms with Gasteiger partial charge < -0.3 is 16.5 Å². The molecule has 0 atom stereocenters. The van der Waals surface area contributed by atoms with Gasteiger partial charge in [0.1, 0.15) is 0 Å². The van der Waals surface area contributed by atoms with Crippen LogP contribution in [0.15, 0.2) is 0 Å². The van der Waals surface area contributed by atoms with Gasteiger partial charge in [-0.3, -0.25) is 0 Å². The molecule has 1 saturated heterocycles. The van der Waals surface area contributed by atoms with Gasteiger partial charge in [0.25, 0.3) is 30.0 Å². The van der Waals surface area contributed by atoms with Crippen LogP contribution >= 0.6 is 0 Å². The van der Waals surface area contributed by atoms with E-state index in [1.807, 2.05) is 0 Å². The van der Waals surface area contributed by atoms with E-state index in [0.717, 1.165) is 0 Å². The Morgan fingerprint density at radius 2 is 1.42 bits per heavy atom. The smallest absolute Gasteiger partial charge is 0.308 e. The summed E-state index contributed by atoms with van der Waals surface area (Å²) in [5.74, 6) is 0. The van der Waals surface area contributed by atoms with Gasteiger partial charge >= 0.3 is 9.28 Å². The first-order valence-corrected chi connectivity index (χ1v) is 8.98. The predicted octanol–water partition coefficient (Wildman–Crippen LogP) is -1.92. The molecule has 0 bridgehead atoms. The molecule has 0 N–H and O–H groups in total. The van der Waals surface area contributed by atoms with Crippen LogP contribution in [-0.2, 0) is 16.5 Å². The first kappa shape index (κ1) is 10.8. The van der Waals surface area contributed by atoms with E-state index < -0.39 is 39.3 Å². The van der Waals surface area contributed by atoms with Crippen LogP contribution in [0.5, 0.6) is 0 Å². The molecule has 0 aliphatic carbocycles. The highest BCUT2D eigenvalue weighted by atomic mass is 28.4. The summed E-state index contributed by atoms with van der Waals surface area (Å²) in [5.41, 5.74) is 0. The maximum absolute atomic E-state index is 5.67. The Bertz CT molecular complexity index is 130. The number of hydrogen-bond donors (Lipinski definition) is 0. The first-order valence-electron chi connectivity index (χ1n) is 3.99. The summed E-state index contributed by atoms with van der Waals surface area (Å²) in [6.07, 6.45) is 0. The number of rotatable bonds is 0. The topological polar surface area (TPSA) is 36.9 Å². The molecule has 0 aromatic heterocycles. The van der Waals surface area contributed by atoms with Crippen molar-refractivity contribution in [1.29, 1.82) is 0 Å². The second kappa shape index (κ2) is 4.81. The van der Waals surface area contributed by atoms with Crippen LogP contribution in [0, 0.1) is 0 Å². The molecule has 1 rings (SSSR count). The molecule has 0 spiro atoms. The third-order valence-electron chi connectivity index (χ3n) is 1.48. The molecule has 0 aromatic rings. The van der Waals surface area contributed by atoms with E-state index >= 15 is 0 Å². The minimum atomic E-state index is -1.49. The van der Waals surface area contributed by atoms with Gasteiger partial charge in [-0.2, -0.15) is 0 Å². The van der Waals surface area contributed by atoms with E-state index in [9.17, 15) is 0 Å². The average molecular weight is 241 g/mol. The summed E-state index contributed by atoms with van der Waals surface area (Å²) < 4.78 is 22.0. The quantitative estimate of drug-likeness (QED) is 0.463. The van der Waals surface area contributed by atoms with Crippen molar-refractivity contribution in [1.82, 2.24) is 0 Å². The molecule has 0 radical (unpaired) electrons. The Balaban J connectivity index is 2.40. The summed E-state index contributed by atoms with van der Waals surface area (Å²) >= 11 is 0. The zero-order valence-corrected chi connectivity index (χ0v) is 13.2. The maximum atomic E-state index is 5.67. The molecule has 0 amide bonds. The first-order chi connectivity index (χ1) is 5.61. The number of hydrogen-bond acceptors (Lipinski definition) is 4. The average Bonchev–Trinajstić information content (AvgIpc) is 1.81. The molecule has 72 valence electrons. The van der Waals surface area contributed by atoms with Crippen LogP contribution in [0.2, 0.25) is 5.04 Å². The van der Waals surface area contributed by atoms with Crippen molar-refractivity contribution in [2.45, 2.75) is 25.8 Å². The van der Waals surface area contributed by atoms with E-state index in [2.05, 4.69) is 20.8 Å². The van der Waals surface area contributed by atoms with Crippen LogP contribution in [0.1, 0.15) is 20.8 Å². The van der Waals surface area contributed by atoms with E-state index in [-0.39, 0.29) is 5.04 Å². The summed E-state index contributed by atoms with van der Waals surface area (Å²) in [7, 11) is -3.77. The van der Waals surface area contributed by atoms with Crippen molar-refractivity contribution in [3.05, 3.63) is 0 Å². The lowest BCUT2D eigenvalue weighted by Crippen LogP contribution is -2.39. The zero-order valence-electron chi connectivity index (χ0n) is 7.83. The van der Waals surface area contributed by atoms with E-state index in [0.29, 0.717) is 0 Å². The summed E-state index contributed by atoms with van der Waals surface area (Å²) in [4.78, 5) is 0. The van der Waals surface area contributed by atoms with Crippen molar-refractivity contribution < 1.29 is 16.5 Å². The van der Waals surface area contributed by atoms with Crippen molar-refractivity contribution in [2.24, 2.45) is 0 Å². The fourth-order valence-electron chi connectivity index (χ4n) is 0.895. The Kier molecular flexibility index (Phi) is 4.32. The van der Waals surface area contributed by atoms with Crippen LogP contribution in [-0.4, -0.2) is 39.3 Å². The third kappa shape index (κ3) is 3.61. The van der Waals surface area contributed by atoms with Gasteiger partial charge in [0.15, 0.2) is 0 Å². The highest BCUT2D eigenvalue weighted by Crippen LogP contribution is 2.27. The second-order valence-electron chi connectivity index (χ2n) is 3.79. The lowest BCUT2D eigenvalue weighted by molar-refractivity contribution is 0.308. The molecule has 12 heavy (non-hydrogen) atoms. The van der Waals surface area contributed by atoms with Crippen molar-refractivity contribution >= 4 is 39.3 Å². The second-order valence-corrected chi connectivity index (χ2v) is 12.8. The lowest BCUT2D eigenvalue weighted by Gasteiger charge is -2.30. The Morgan fingerprint density at radius 3 is 1.83 bits per heavy atom. The summed E-state index contributed by atoms with van der Waals surface area (Å²) in [6.45, 7) is 6.48. The fourth-order valence-corrected chi connectivity index (χ4v) is 11.7. The Hall–Kier alpha value is 0.708. The Labute approximate surface area is 82.0 Å². The molecule has 1 fully saturated rings. The van der Waals surface area contributed by atoms with E-state index in [1.165, 1.54) is 0 Å². The molecule has 0 saturated carbocycles. The van der Waals surface area contributed by atoms with Crippen molar-refractivity contribution in [3.63, 3.8) is 0 Å². The molecule has 4 nitrogen and oxygen atoms in total. The van der Waals surface area contributed by atoms with E-state index in [4.69, 9.17) is 16.5 Å². The van der Waals surface area contributed by atoms with E-state index in [1.54, 1.807) is 0 Å². The van der Waals surface area contributed by atoms with Crippen molar-refractivity contribution in [3.8, 4) is 0 Å². The largest absolute Gasteiger partial charge is 0.425 e. The van der Waals surface area contributed by atoms with Gasteiger partial charge in [-0.05, 0) is 0 Å². The lowest BCUT2D eigenvalue weighted by atomic mass is 10.3. The molecule has 1 aliphatic rings. The van der Waals surface area contributed by atoms with Crippen LogP contribution in [0.3, 0.4) is 0 Å². The van der Waals surface area contributed by atoms with Crippen molar-refractivity contribution in [2.75, 3.05) is 0 Å². The highest BCUT2D eigenvalue weighted by molar-refractivity contribution is 6.62. The zero-order chi connectivity index (χ0) is 9.03. The predicted molar refractivity (Wildman–Crippen MR) is 56.8 cm³/mol. The monoisotopic (exact) mass is 240 g/mol. The van der Waals surface area contributed by atoms with Gasteiger partial charge in [0.05, 0.1) is 0 Å². The molecule has 8 heteroatoms. The Morgan fingerprint density at radius 1 is 0.917 bits per heavy atom. The normalized spacial score (nSPS) is 33.8. The fraction of sp³-hybridized carbons (Fsp3) is 1.00. The molecule has 1 heterocycles. The SMILES string of the molecule is CC(C)(C)[SiH]1O[SiH2]O[SiH2]O[SiH2]O1. The molecular weight excluding hydrogens is 224 g/mol. The molecule has 0 aromatic carbocycles. The maximum Gasteiger partial charge on any atom is 0.308 e. The molecule has 1 aliphatic heterocycles. The van der Waals surface area contributed by atoms with Gasteiger partial charge in [0, 0.05) is 5.04 Å². The van der Waals surface area contributed by atoms with Gasteiger partial charge in [-0.25, -0.2) is 0 Å². The summed E-state index contributed by atoms with van der Waals surface area (Å²) in [6, 6.07) is 0. The minimum Gasteiger partial charge on any atom is -0.425 e. The molecule has 0 unspecified atom stereocenters. The van der Waals surface area contributed by atoms with Crippen LogP contribution in [0.25, 0.3) is 0 Å². The molecular formula is C4H16O4Si4. The standard InChI is InChI=1S/C4H16O4Si4/c1-4(2,3)12-7-10-5-9-6-11-8-12/h12H,9-11H2,1-3H3. The highest BCUT2D eigenvalue weighted by Gasteiger charge is 2.30. The third-order valence-corrected chi connectivity index (χ3v) is 9.07. The van der Waals surface area contributed by atoms with Gasteiger partial charge in [-0.15, -0.1) is 0 Å². The minimum absolute atomic E-state index is 0.172. The van der Waals surface area contributed by atoms with Crippen LogP contribution in [0.4, 0.5) is 0 Å². The van der Waals surface area contributed by atoms with Crippen LogP contribution < -0.4 is 0 Å². The van der Waals surface area contributed by atoms with Gasteiger partial charge in [0.2, 0.25) is 0 Å². The summed E-state index contributed by atoms with van der Waals surface area (Å²) in [5, 5.41) is 0.172.